The van der Waals surface area contributed by atoms with Crippen molar-refractivity contribution in [1.29, 1.82) is 0 Å². The first-order valence-corrected chi connectivity index (χ1v) is 22.7. The second-order valence-electron chi connectivity index (χ2n) is 14.4. The van der Waals surface area contributed by atoms with Crippen LogP contribution in [0.3, 0.4) is 0 Å². The molecule has 12 aromatic rings. The Morgan fingerprint density at radius 3 is 2.10 bits per heavy atom. The molecule has 4 nitrogen and oxygen atoms in total. The van der Waals surface area contributed by atoms with Gasteiger partial charge in [-0.3, -0.25) is 0 Å². The molecule has 0 N–H and O–H groups in total. The molecular formula is C55H43N3OS2. The summed E-state index contributed by atoms with van der Waals surface area (Å²) in [6, 6.07) is 49.5. The average Bonchev–Trinajstić information content (AvgIpc) is 4.09. The molecule has 0 fully saturated rings. The van der Waals surface area contributed by atoms with Crippen LogP contribution in [0.1, 0.15) is 45.1 Å². The third kappa shape index (κ3) is 5.85. The Hall–Kier alpha value is -6.86. The molecule has 61 heavy (non-hydrogen) atoms. The van der Waals surface area contributed by atoms with Gasteiger partial charge in [-0.15, -0.1) is 22.7 Å². The fourth-order valence-electron chi connectivity index (χ4n) is 8.99. The highest BCUT2D eigenvalue weighted by molar-refractivity contribution is 7.25. The van der Waals surface area contributed by atoms with E-state index in [1.807, 2.05) is 69.4 Å². The Morgan fingerprint density at radius 2 is 1.30 bits per heavy atom. The molecule has 296 valence electrons. The summed E-state index contributed by atoms with van der Waals surface area (Å²) in [6.07, 6.45) is 6.36. The molecule has 0 unspecified atom stereocenters. The fourth-order valence-corrected chi connectivity index (χ4v) is 11.4. The first-order chi connectivity index (χ1) is 30.2. The Morgan fingerprint density at radius 1 is 0.607 bits per heavy atom. The lowest BCUT2D eigenvalue weighted by Crippen LogP contribution is -1.97. The van der Waals surface area contributed by atoms with Gasteiger partial charge in [0.1, 0.15) is 16.0 Å². The zero-order valence-electron chi connectivity index (χ0n) is 34.8. The van der Waals surface area contributed by atoms with E-state index < -0.39 is 0 Å². The van der Waals surface area contributed by atoms with Gasteiger partial charge in [-0.05, 0) is 54.8 Å². The monoisotopic (exact) mass is 825 g/mol. The van der Waals surface area contributed by atoms with Crippen LogP contribution < -0.4 is 0 Å². The fraction of sp³-hybridized carbons (Fsp3) is 0.0909. The first kappa shape index (κ1) is 38.3. The Bertz CT molecular complexity index is 3690. The van der Waals surface area contributed by atoms with E-state index in [9.17, 15) is 0 Å². The van der Waals surface area contributed by atoms with Crippen LogP contribution >= 0.6 is 22.7 Å². The maximum Gasteiger partial charge on any atom is 0.162 e. The molecule has 7 aromatic carbocycles. The van der Waals surface area contributed by atoms with Gasteiger partial charge in [-0.2, -0.15) is 0 Å². The number of hydrogen-bond acceptors (Lipinski definition) is 5. The molecule has 0 saturated heterocycles. The summed E-state index contributed by atoms with van der Waals surface area (Å²) in [4.78, 5) is 13.0. The van der Waals surface area contributed by atoms with E-state index in [1.165, 1.54) is 52.3 Å². The third-order valence-electron chi connectivity index (χ3n) is 11.3. The number of para-hydroxylation sites is 2. The lowest BCUT2D eigenvalue weighted by Gasteiger charge is -2.13. The smallest absolute Gasteiger partial charge is 0.162 e. The van der Waals surface area contributed by atoms with E-state index in [0.29, 0.717) is 5.82 Å². The molecule has 6 heteroatoms. The number of allylic oxidation sites excluding steroid dienone is 1. The lowest BCUT2D eigenvalue weighted by molar-refractivity contribution is 0.669. The largest absolute Gasteiger partial charge is 0.456 e. The minimum Gasteiger partial charge on any atom is -0.456 e. The van der Waals surface area contributed by atoms with Gasteiger partial charge in [0.05, 0.1) is 16.7 Å². The van der Waals surface area contributed by atoms with Crippen molar-refractivity contribution in [2.75, 3.05) is 0 Å². The quantitative estimate of drug-likeness (QED) is 0.174. The summed E-state index contributed by atoms with van der Waals surface area (Å²) in [5, 5.41) is 10.5. The molecule has 0 spiro atoms. The second-order valence-corrected chi connectivity index (χ2v) is 16.5. The summed E-state index contributed by atoms with van der Waals surface area (Å²) in [7, 11) is 0. The summed E-state index contributed by atoms with van der Waals surface area (Å²) in [6.45, 7) is 14.4. The summed E-state index contributed by atoms with van der Waals surface area (Å²) >= 11 is 3.57. The van der Waals surface area contributed by atoms with Crippen LogP contribution in [0, 0.1) is 0 Å². The van der Waals surface area contributed by atoms with E-state index in [1.54, 1.807) is 11.3 Å². The van der Waals surface area contributed by atoms with Gasteiger partial charge in [-0.25, -0.2) is 9.97 Å². The Balaban J connectivity index is 0.00000108. The summed E-state index contributed by atoms with van der Waals surface area (Å²) < 4.78 is 11.2. The Kier molecular flexibility index (Phi) is 9.83. The van der Waals surface area contributed by atoms with Crippen LogP contribution in [0.25, 0.3) is 125 Å². The van der Waals surface area contributed by atoms with Crippen molar-refractivity contribution in [3.05, 3.63) is 163 Å². The van der Waals surface area contributed by atoms with Crippen molar-refractivity contribution in [1.82, 2.24) is 14.5 Å². The van der Waals surface area contributed by atoms with E-state index in [0.717, 1.165) is 65.6 Å². The van der Waals surface area contributed by atoms with Crippen LogP contribution in [-0.2, 0) is 0 Å². The topological polar surface area (TPSA) is 43.9 Å². The van der Waals surface area contributed by atoms with Crippen molar-refractivity contribution < 1.29 is 4.42 Å². The van der Waals surface area contributed by atoms with Crippen molar-refractivity contribution in [3.63, 3.8) is 0 Å². The molecule has 0 aliphatic carbocycles. The van der Waals surface area contributed by atoms with Crippen LogP contribution in [-0.4, -0.2) is 14.5 Å². The summed E-state index contributed by atoms with van der Waals surface area (Å²) in [5.41, 5.74) is 9.22. The minimum atomic E-state index is 0.685. The molecule has 0 aliphatic heterocycles. The number of benzene rings is 7. The molecule has 0 amide bonds. The van der Waals surface area contributed by atoms with Gasteiger partial charge in [0.15, 0.2) is 5.82 Å². The number of aromatic nitrogens is 3. The van der Waals surface area contributed by atoms with Gasteiger partial charge < -0.3 is 8.98 Å². The number of furan rings is 1. The van der Waals surface area contributed by atoms with E-state index in [-0.39, 0.29) is 0 Å². The number of nitrogens with zero attached hydrogens (tertiary/aromatic N) is 3. The van der Waals surface area contributed by atoms with E-state index >= 15 is 0 Å². The highest BCUT2D eigenvalue weighted by Gasteiger charge is 2.24. The molecule has 0 bridgehead atoms. The molecule has 0 radical (unpaired) electrons. The predicted octanol–water partition coefficient (Wildman–Crippen LogP) is 17.3. The molecule has 5 heterocycles. The first-order valence-electron chi connectivity index (χ1n) is 21.1. The number of thiophene rings is 2. The molecule has 12 rings (SSSR count). The normalized spacial score (nSPS) is 11.7. The van der Waals surface area contributed by atoms with Crippen LogP contribution in [0.15, 0.2) is 157 Å². The molecular weight excluding hydrogens is 783 g/mol. The lowest BCUT2D eigenvalue weighted by atomic mass is 9.98. The molecule has 0 aliphatic rings. The summed E-state index contributed by atoms with van der Waals surface area (Å²) in [5.74, 6) is 0.685. The van der Waals surface area contributed by atoms with Crippen molar-refractivity contribution in [2.45, 2.75) is 34.6 Å². The van der Waals surface area contributed by atoms with E-state index in [4.69, 9.17) is 14.4 Å². The maximum absolute atomic E-state index is 6.31. The van der Waals surface area contributed by atoms with Crippen LogP contribution in [0.4, 0.5) is 0 Å². The SMILES string of the molecule is C=Cc1c(/C=C\C)sc2c1c1ccccc1c1c2c2ccccc2n1-c1cccc(-c2nc(-c3cccc4oc5ccccc5c34)nc3sc4ccccc4c23)c1.CC.CC. The van der Waals surface area contributed by atoms with Gasteiger partial charge in [-0.1, -0.05) is 150 Å². The van der Waals surface area contributed by atoms with E-state index in [2.05, 4.69) is 145 Å². The highest BCUT2D eigenvalue weighted by Crippen LogP contribution is 2.48. The molecule has 0 atom stereocenters. The van der Waals surface area contributed by atoms with Gasteiger partial charge in [0.2, 0.25) is 0 Å². The second kappa shape index (κ2) is 15.6. The highest BCUT2D eigenvalue weighted by atomic mass is 32.1. The minimum absolute atomic E-state index is 0.685. The predicted molar refractivity (Wildman–Crippen MR) is 268 cm³/mol. The standard InChI is InChI=1S/C51H31N3OS2.2C2H6/c1-3-15-41-31(4-2)44-32-18-5-6-19-33(32)48-46(49(44)56-41)34-20-7-10-24-38(34)54(48)30-17-13-16-29(28-30)47-45-36-22-9-12-27-42(36)57-51(45)53-50(52-47)37-23-14-26-40-43(37)35-21-8-11-25-39(35)55-40;2*1-2/h3-28H,2H2,1H3;2*1-2H3/b15-3-;;. The van der Waals surface area contributed by atoms with Crippen molar-refractivity contribution >= 4 is 120 Å². The molecule has 5 aromatic heterocycles. The maximum atomic E-state index is 6.31. The van der Waals surface area contributed by atoms with Crippen LogP contribution in [0.2, 0.25) is 0 Å². The number of hydrogen-bond donors (Lipinski definition) is 0. The number of rotatable bonds is 5. The van der Waals surface area contributed by atoms with Gasteiger partial charge in [0.25, 0.3) is 0 Å². The Labute approximate surface area is 362 Å². The van der Waals surface area contributed by atoms with Crippen molar-refractivity contribution in [3.8, 4) is 28.3 Å². The van der Waals surface area contributed by atoms with Crippen molar-refractivity contribution in [2.24, 2.45) is 0 Å². The zero-order valence-corrected chi connectivity index (χ0v) is 36.4. The third-order valence-corrected chi connectivity index (χ3v) is 13.6. The van der Waals surface area contributed by atoms with Gasteiger partial charge >= 0.3 is 0 Å². The zero-order chi connectivity index (χ0) is 41.8. The number of fused-ring (bicyclic) bond motifs is 14. The molecule has 0 saturated carbocycles. The van der Waals surface area contributed by atoms with Crippen LogP contribution in [0.5, 0.6) is 0 Å². The average molecular weight is 826 g/mol. The van der Waals surface area contributed by atoms with Gasteiger partial charge in [0, 0.05) is 79.7 Å².